The summed E-state index contributed by atoms with van der Waals surface area (Å²) in [6.07, 6.45) is -1.02. The van der Waals surface area contributed by atoms with E-state index < -0.39 is 28.1 Å². The van der Waals surface area contributed by atoms with Crippen LogP contribution in [0.4, 0.5) is 5.69 Å². The maximum Gasteiger partial charge on any atom is 0.324 e. The van der Waals surface area contributed by atoms with E-state index in [4.69, 9.17) is 9.47 Å². The lowest BCUT2D eigenvalue weighted by Crippen LogP contribution is -2.52. The Morgan fingerprint density at radius 1 is 0.939 bits per heavy atom. The van der Waals surface area contributed by atoms with Crippen LogP contribution in [0.15, 0.2) is 59.5 Å². The fourth-order valence-electron chi connectivity index (χ4n) is 3.51. The minimum Gasteiger partial charge on any atom is -0.497 e. The van der Waals surface area contributed by atoms with E-state index in [1.807, 2.05) is 30.3 Å². The summed E-state index contributed by atoms with van der Waals surface area (Å²) < 4.78 is 37.6. The van der Waals surface area contributed by atoms with Crippen LogP contribution in [0.25, 0.3) is 0 Å². The summed E-state index contributed by atoms with van der Waals surface area (Å²) in [6.45, 7) is 5.24. The van der Waals surface area contributed by atoms with Gasteiger partial charge >= 0.3 is 5.97 Å². The van der Waals surface area contributed by atoms with Crippen LogP contribution in [0.2, 0.25) is 0 Å². The van der Waals surface area contributed by atoms with Gasteiger partial charge < -0.3 is 19.3 Å². The van der Waals surface area contributed by atoms with Crippen molar-refractivity contribution in [3.63, 3.8) is 0 Å². The van der Waals surface area contributed by atoms with Gasteiger partial charge in [0.15, 0.2) is 6.10 Å². The molecule has 0 radical (unpaired) electrons. The van der Waals surface area contributed by atoms with Crippen molar-refractivity contribution in [1.82, 2.24) is 9.62 Å². The number of sulfonamides is 1. The number of amides is 1. The van der Waals surface area contributed by atoms with Crippen molar-refractivity contribution in [3.8, 4) is 5.75 Å². The molecule has 1 saturated heterocycles. The number of methoxy groups -OCH3 is 1. The molecule has 1 unspecified atom stereocenters. The van der Waals surface area contributed by atoms with Gasteiger partial charge in [0.2, 0.25) is 10.0 Å². The standard InChI is InChI=1S/C23H29N3O6S/c1-17(24-33(29,30)21-11-9-20(31-3)10-12-21)23(28)32-18(2)22(27)26-15-13-25(14-16-26)19-7-5-4-6-8-19/h4-12,17-18,24H,13-16H2,1-3H3/t17-,18?/m0/s1. The molecule has 0 aliphatic carbocycles. The second-order valence-corrected chi connectivity index (χ2v) is 9.46. The van der Waals surface area contributed by atoms with E-state index in [-0.39, 0.29) is 10.8 Å². The maximum atomic E-state index is 12.7. The lowest BCUT2D eigenvalue weighted by atomic mass is 10.2. The number of nitrogens with zero attached hydrogens (tertiary/aromatic N) is 2. The first kappa shape index (κ1) is 24.5. The van der Waals surface area contributed by atoms with Gasteiger partial charge in [-0.1, -0.05) is 18.2 Å². The molecule has 1 aliphatic heterocycles. The molecule has 3 rings (SSSR count). The van der Waals surface area contributed by atoms with Gasteiger partial charge in [-0.25, -0.2) is 8.42 Å². The van der Waals surface area contributed by atoms with E-state index >= 15 is 0 Å². The van der Waals surface area contributed by atoms with Crippen molar-refractivity contribution in [3.05, 3.63) is 54.6 Å². The molecule has 2 aromatic rings. The molecule has 2 aromatic carbocycles. The number of hydrogen-bond acceptors (Lipinski definition) is 7. The van der Waals surface area contributed by atoms with E-state index in [1.54, 1.807) is 4.90 Å². The fourth-order valence-corrected chi connectivity index (χ4v) is 4.70. The first-order valence-corrected chi connectivity index (χ1v) is 12.2. The van der Waals surface area contributed by atoms with Crippen LogP contribution in [0.5, 0.6) is 5.75 Å². The Balaban J connectivity index is 1.51. The van der Waals surface area contributed by atoms with Gasteiger partial charge in [-0.15, -0.1) is 0 Å². The molecular formula is C23H29N3O6S. The number of ether oxygens (including phenoxy) is 2. The number of rotatable bonds is 8. The number of carbonyl (C=O) groups excluding carboxylic acids is 2. The topological polar surface area (TPSA) is 105 Å². The summed E-state index contributed by atoms with van der Waals surface area (Å²) >= 11 is 0. The number of nitrogens with one attached hydrogen (secondary N) is 1. The number of carbonyl (C=O) groups is 2. The van der Waals surface area contributed by atoms with Crippen molar-refractivity contribution in [2.24, 2.45) is 0 Å². The Bertz CT molecular complexity index is 1050. The van der Waals surface area contributed by atoms with Crippen LogP contribution in [0, 0.1) is 0 Å². The summed E-state index contributed by atoms with van der Waals surface area (Å²) in [5.41, 5.74) is 1.10. The smallest absolute Gasteiger partial charge is 0.324 e. The van der Waals surface area contributed by atoms with Crippen LogP contribution >= 0.6 is 0 Å². The SMILES string of the molecule is COc1ccc(S(=O)(=O)N[C@@H](C)C(=O)OC(C)C(=O)N2CCN(c3ccccc3)CC2)cc1. The van der Waals surface area contributed by atoms with Gasteiger partial charge in [0, 0.05) is 31.9 Å². The number of piperazine rings is 1. The van der Waals surface area contributed by atoms with Crippen molar-refractivity contribution in [2.75, 3.05) is 38.2 Å². The Kier molecular flexibility index (Phi) is 7.93. The average molecular weight is 476 g/mol. The first-order chi connectivity index (χ1) is 15.7. The fraction of sp³-hybridized carbons (Fsp3) is 0.391. The quantitative estimate of drug-likeness (QED) is 0.579. The largest absolute Gasteiger partial charge is 0.497 e. The molecule has 1 aliphatic rings. The molecule has 0 bridgehead atoms. The number of anilines is 1. The van der Waals surface area contributed by atoms with Gasteiger partial charge in [-0.05, 0) is 50.2 Å². The third-order valence-corrected chi connectivity index (χ3v) is 6.97. The van der Waals surface area contributed by atoms with E-state index in [2.05, 4.69) is 9.62 Å². The van der Waals surface area contributed by atoms with Gasteiger partial charge in [-0.2, -0.15) is 4.72 Å². The molecule has 178 valence electrons. The molecule has 0 spiro atoms. The molecule has 0 aromatic heterocycles. The number of esters is 1. The van der Waals surface area contributed by atoms with Gasteiger partial charge in [0.1, 0.15) is 11.8 Å². The second kappa shape index (κ2) is 10.7. The monoisotopic (exact) mass is 475 g/mol. The summed E-state index contributed by atoms with van der Waals surface area (Å²) in [5, 5.41) is 0. The Hall–Kier alpha value is -3.11. The molecule has 1 heterocycles. The molecule has 9 nitrogen and oxygen atoms in total. The average Bonchev–Trinajstić information content (AvgIpc) is 2.84. The lowest BCUT2D eigenvalue weighted by Gasteiger charge is -2.37. The summed E-state index contributed by atoms with van der Waals surface area (Å²) in [6, 6.07) is 14.6. The Morgan fingerprint density at radius 3 is 2.12 bits per heavy atom. The highest BCUT2D eigenvalue weighted by Crippen LogP contribution is 2.17. The molecule has 0 saturated carbocycles. The van der Waals surface area contributed by atoms with Crippen molar-refractivity contribution in [2.45, 2.75) is 30.9 Å². The zero-order chi connectivity index (χ0) is 24.0. The summed E-state index contributed by atoms with van der Waals surface area (Å²) in [7, 11) is -2.47. The van der Waals surface area contributed by atoms with Gasteiger partial charge in [-0.3, -0.25) is 9.59 Å². The second-order valence-electron chi connectivity index (χ2n) is 7.75. The van der Waals surface area contributed by atoms with Crippen LogP contribution in [-0.2, 0) is 24.3 Å². The predicted molar refractivity (Wildman–Crippen MR) is 124 cm³/mol. The van der Waals surface area contributed by atoms with E-state index in [0.717, 1.165) is 5.69 Å². The number of benzene rings is 2. The zero-order valence-corrected chi connectivity index (χ0v) is 19.7. The predicted octanol–water partition coefficient (Wildman–Crippen LogP) is 1.64. The summed E-state index contributed by atoms with van der Waals surface area (Å²) in [5.74, 6) is -0.615. The maximum absolute atomic E-state index is 12.7. The van der Waals surface area contributed by atoms with E-state index in [9.17, 15) is 18.0 Å². The summed E-state index contributed by atoms with van der Waals surface area (Å²) in [4.78, 5) is 29.0. The Labute approximate surface area is 194 Å². The lowest BCUT2D eigenvalue weighted by molar-refractivity contribution is -0.160. The van der Waals surface area contributed by atoms with Crippen molar-refractivity contribution >= 4 is 27.6 Å². The minimum atomic E-state index is -3.95. The molecule has 1 amide bonds. The third kappa shape index (κ3) is 6.23. The van der Waals surface area contributed by atoms with Gasteiger partial charge in [0.25, 0.3) is 5.91 Å². The van der Waals surface area contributed by atoms with Crippen LogP contribution < -0.4 is 14.4 Å². The number of hydrogen-bond donors (Lipinski definition) is 1. The zero-order valence-electron chi connectivity index (χ0n) is 18.9. The van der Waals surface area contributed by atoms with Gasteiger partial charge in [0.05, 0.1) is 12.0 Å². The minimum absolute atomic E-state index is 0.0108. The third-order valence-electron chi connectivity index (χ3n) is 5.41. The molecule has 33 heavy (non-hydrogen) atoms. The molecule has 10 heteroatoms. The first-order valence-electron chi connectivity index (χ1n) is 10.7. The normalized spacial score (nSPS) is 16.1. The molecule has 2 atom stereocenters. The van der Waals surface area contributed by atoms with Crippen LogP contribution in [-0.4, -0.2) is 70.6 Å². The molecular weight excluding hydrogens is 446 g/mol. The molecule has 1 N–H and O–H groups in total. The highest BCUT2D eigenvalue weighted by atomic mass is 32.2. The van der Waals surface area contributed by atoms with Crippen LogP contribution in [0.3, 0.4) is 0 Å². The van der Waals surface area contributed by atoms with Crippen LogP contribution in [0.1, 0.15) is 13.8 Å². The van der Waals surface area contributed by atoms with Crippen molar-refractivity contribution < 1.29 is 27.5 Å². The highest BCUT2D eigenvalue weighted by Gasteiger charge is 2.30. The highest BCUT2D eigenvalue weighted by molar-refractivity contribution is 7.89. The molecule has 1 fully saturated rings. The Morgan fingerprint density at radius 2 is 1.55 bits per heavy atom. The van der Waals surface area contributed by atoms with Crippen molar-refractivity contribution in [1.29, 1.82) is 0 Å². The van der Waals surface area contributed by atoms with E-state index in [0.29, 0.717) is 31.9 Å². The van der Waals surface area contributed by atoms with E-state index in [1.165, 1.54) is 45.2 Å². The number of para-hydroxylation sites is 1.